The predicted octanol–water partition coefficient (Wildman–Crippen LogP) is 4.05. The summed E-state index contributed by atoms with van der Waals surface area (Å²) in [6.45, 7) is 6.01. The van der Waals surface area contributed by atoms with Crippen molar-refractivity contribution in [3.05, 3.63) is 40.1 Å². The Morgan fingerprint density at radius 1 is 1.21 bits per heavy atom. The van der Waals surface area contributed by atoms with E-state index in [4.69, 9.17) is 10.5 Å². The topological polar surface area (TPSA) is 61.0 Å². The number of nitrogens with zero attached hydrogens (tertiary/aromatic N) is 2. The molecule has 0 aliphatic rings. The lowest BCUT2D eigenvalue weighted by molar-refractivity contribution is 0.454. The number of hydrogen-bond acceptors (Lipinski definition) is 4. The summed E-state index contributed by atoms with van der Waals surface area (Å²) in [6.07, 6.45) is 0. The van der Waals surface area contributed by atoms with Crippen molar-refractivity contribution in [3.63, 3.8) is 0 Å². The summed E-state index contributed by atoms with van der Waals surface area (Å²) in [5.74, 6) is 2.54. The SMILES string of the molecule is Cc1cc(Br)ccc1Oc1cc(N)nc(C(C)C)n1. The Morgan fingerprint density at radius 2 is 1.95 bits per heavy atom. The molecular weight excluding hydrogens is 306 g/mol. The van der Waals surface area contributed by atoms with Crippen molar-refractivity contribution in [1.82, 2.24) is 9.97 Å². The lowest BCUT2D eigenvalue weighted by Crippen LogP contribution is -2.03. The smallest absolute Gasteiger partial charge is 0.224 e. The molecule has 0 atom stereocenters. The first-order valence-corrected chi connectivity index (χ1v) is 6.83. The monoisotopic (exact) mass is 321 g/mol. The summed E-state index contributed by atoms with van der Waals surface area (Å²) in [5, 5.41) is 0. The maximum absolute atomic E-state index is 5.78. The van der Waals surface area contributed by atoms with Gasteiger partial charge in [0.05, 0.1) is 0 Å². The Morgan fingerprint density at radius 3 is 2.58 bits per heavy atom. The highest BCUT2D eigenvalue weighted by molar-refractivity contribution is 9.10. The zero-order valence-electron chi connectivity index (χ0n) is 11.1. The van der Waals surface area contributed by atoms with Crippen LogP contribution in [0.2, 0.25) is 0 Å². The third-order valence-corrected chi connectivity index (χ3v) is 3.10. The van der Waals surface area contributed by atoms with Gasteiger partial charge in [0.1, 0.15) is 17.4 Å². The molecule has 1 aromatic carbocycles. The van der Waals surface area contributed by atoms with E-state index in [1.165, 1.54) is 0 Å². The van der Waals surface area contributed by atoms with Gasteiger partial charge in [-0.25, -0.2) is 4.98 Å². The molecule has 5 heteroatoms. The van der Waals surface area contributed by atoms with Crippen LogP contribution in [-0.4, -0.2) is 9.97 Å². The van der Waals surface area contributed by atoms with Crippen molar-refractivity contribution in [2.45, 2.75) is 26.7 Å². The van der Waals surface area contributed by atoms with E-state index in [0.29, 0.717) is 17.5 Å². The average Bonchev–Trinajstić information content (AvgIpc) is 2.32. The Bertz CT molecular complexity index is 599. The zero-order valence-corrected chi connectivity index (χ0v) is 12.7. The molecule has 0 fully saturated rings. The molecule has 0 amide bonds. The van der Waals surface area contributed by atoms with Gasteiger partial charge in [-0.2, -0.15) is 4.98 Å². The molecular formula is C14H16BrN3O. The quantitative estimate of drug-likeness (QED) is 0.926. The number of hydrogen-bond donors (Lipinski definition) is 1. The van der Waals surface area contributed by atoms with Crippen LogP contribution < -0.4 is 10.5 Å². The molecule has 0 spiro atoms. The van der Waals surface area contributed by atoms with Crippen molar-refractivity contribution in [1.29, 1.82) is 0 Å². The van der Waals surface area contributed by atoms with E-state index in [2.05, 4.69) is 25.9 Å². The van der Waals surface area contributed by atoms with E-state index < -0.39 is 0 Å². The number of anilines is 1. The summed E-state index contributed by atoms with van der Waals surface area (Å²) < 4.78 is 6.80. The summed E-state index contributed by atoms with van der Waals surface area (Å²) in [5.41, 5.74) is 6.80. The van der Waals surface area contributed by atoms with Crippen molar-refractivity contribution in [2.75, 3.05) is 5.73 Å². The van der Waals surface area contributed by atoms with E-state index >= 15 is 0 Å². The van der Waals surface area contributed by atoms with Crippen LogP contribution in [0.3, 0.4) is 0 Å². The Balaban J connectivity index is 2.32. The second-order valence-electron chi connectivity index (χ2n) is 4.66. The fourth-order valence-corrected chi connectivity index (χ4v) is 2.09. The van der Waals surface area contributed by atoms with Crippen LogP contribution in [0.5, 0.6) is 11.6 Å². The van der Waals surface area contributed by atoms with Crippen molar-refractivity contribution >= 4 is 21.7 Å². The molecule has 0 radical (unpaired) electrons. The van der Waals surface area contributed by atoms with Gasteiger partial charge in [0, 0.05) is 16.5 Å². The van der Waals surface area contributed by atoms with E-state index in [-0.39, 0.29) is 5.92 Å². The van der Waals surface area contributed by atoms with Crippen LogP contribution in [0.15, 0.2) is 28.7 Å². The molecule has 1 aromatic heterocycles. The molecule has 2 aromatic rings. The molecule has 0 aliphatic heterocycles. The van der Waals surface area contributed by atoms with Gasteiger partial charge >= 0.3 is 0 Å². The first-order valence-electron chi connectivity index (χ1n) is 6.04. The molecule has 0 aliphatic carbocycles. The van der Waals surface area contributed by atoms with Crippen LogP contribution in [-0.2, 0) is 0 Å². The summed E-state index contributed by atoms with van der Waals surface area (Å²) in [6, 6.07) is 7.44. The molecule has 2 N–H and O–H groups in total. The standard InChI is InChI=1S/C14H16BrN3O/c1-8(2)14-17-12(16)7-13(18-14)19-11-5-4-10(15)6-9(11)3/h4-8H,1-3H3,(H2,16,17,18). The minimum atomic E-state index is 0.205. The molecule has 0 unspecified atom stereocenters. The van der Waals surface area contributed by atoms with Gasteiger partial charge in [0.2, 0.25) is 5.88 Å². The van der Waals surface area contributed by atoms with Gasteiger partial charge < -0.3 is 10.5 Å². The summed E-state index contributed by atoms with van der Waals surface area (Å²) in [7, 11) is 0. The minimum absolute atomic E-state index is 0.205. The Kier molecular flexibility index (Phi) is 4.04. The zero-order chi connectivity index (χ0) is 14.0. The molecule has 100 valence electrons. The molecule has 4 nitrogen and oxygen atoms in total. The summed E-state index contributed by atoms with van der Waals surface area (Å²) in [4.78, 5) is 8.56. The minimum Gasteiger partial charge on any atom is -0.439 e. The van der Waals surface area contributed by atoms with Crippen molar-refractivity contribution in [2.24, 2.45) is 0 Å². The Hall–Kier alpha value is -1.62. The average molecular weight is 322 g/mol. The number of aryl methyl sites for hydroxylation is 1. The second kappa shape index (κ2) is 5.57. The maximum Gasteiger partial charge on any atom is 0.224 e. The first-order chi connectivity index (χ1) is 8.95. The van der Waals surface area contributed by atoms with Crippen LogP contribution >= 0.6 is 15.9 Å². The third kappa shape index (κ3) is 3.44. The lowest BCUT2D eigenvalue weighted by atomic mass is 10.2. The van der Waals surface area contributed by atoms with E-state index in [0.717, 1.165) is 15.8 Å². The van der Waals surface area contributed by atoms with Gasteiger partial charge in [-0.1, -0.05) is 29.8 Å². The van der Waals surface area contributed by atoms with Crippen molar-refractivity contribution in [3.8, 4) is 11.6 Å². The number of benzene rings is 1. The number of nitrogens with two attached hydrogens (primary N) is 1. The molecule has 0 bridgehead atoms. The van der Waals surface area contributed by atoms with E-state index in [9.17, 15) is 0 Å². The van der Waals surface area contributed by atoms with Gasteiger partial charge in [-0.15, -0.1) is 0 Å². The fraction of sp³-hybridized carbons (Fsp3) is 0.286. The number of nitrogen functional groups attached to an aromatic ring is 1. The molecule has 0 saturated heterocycles. The highest BCUT2D eigenvalue weighted by Gasteiger charge is 2.09. The maximum atomic E-state index is 5.78. The first kappa shape index (κ1) is 13.8. The Labute approximate surface area is 121 Å². The van der Waals surface area contributed by atoms with Crippen LogP contribution in [0.25, 0.3) is 0 Å². The molecule has 19 heavy (non-hydrogen) atoms. The molecule has 1 heterocycles. The number of rotatable bonds is 3. The highest BCUT2D eigenvalue weighted by Crippen LogP contribution is 2.27. The van der Waals surface area contributed by atoms with Gasteiger partial charge in [0.15, 0.2) is 0 Å². The van der Waals surface area contributed by atoms with Gasteiger partial charge in [-0.3, -0.25) is 0 Å². The normalized spacial score (nSPS) is 10.8. The van der Waals surface area contributed by atoms with Crippen molar-refractivity contribution < 1.29 is 4.74 Å². The van der Waals surface area contributed by atoms with E-state index in [1.54, 1.807) is 6.07 Å². The fourth-order valence-electron chi connectivity index (χ4n) is 1.61. The van der Waals surface area contributed by atoms with Gasteiger partial charge in [0.25, 0.3) is 0 Å². The number of aromatic nitrogens is 2. The third-order valence-electron chi connectivity index (χ3n) is 2.61. The second-order valence-corrected chi connectivity index (χ2v) is 5.57. The summed E-state index contributed by atoms with van der Waals surface area (Å²) >= 11 is 3.42. The van der Waals surface area contributed by atoms with Gasteiger partial charge in [-0.05, 0) is 30.7 Å². The molecule has 0 saturated carbocycles. The van der Waals surface area contributed by atoms with Crippen LogP contribution in [0, 0.1) is 6.92 Å². The predicted molar refractivity (Wildman–Crippen MR) is 79.5 cm³/mol. The van der Waals surface area contributed by atoms with Crippen LogP contribution in [0.1, 0.15) is 31.2 Å². The molecule has 2 rings (SSSR count). The van der Waals surface area contributed by atoms with Crippen LogP contribution in [0.4, 0.5) is 5.82 Å². The lowest BCUT2D eigenvalue weighted by Gasteiger charge is -2.11. The number of ether oxygens (including phenoxy) is 1. The number of halogens is 1. The largest absolute Gasteiger partial charge is 0.439 e. The highest BCUT2D eigenvalue weighted by atomic mass is 79.9. The van der Waals surface area contributed by atoms with E-state index in [1.807, 2.05) is 39.0 Å².